The number of hydrogen-bond donors (Lipinski definition) is 1. The van der Waals surface area contributed by atoms with Crippen molar-refractivity contribution in [2.24, 2.45) is 7.05 Å². The highest BCUT2D eigenvalue weighted by Crippen LogP contribution is 2.24. The molecule has 1 aromatic heterocycles. The average Bonchev–Trinajstić information content (AvgIpc) is 2.90. The number of hydrogen-bond acceptors (Lipinski definition) is 4. The number of sulfone groups is 1. The maximum absolute atomic E-state index is 12.5. The summed E-state index contributed by atoms with van der Waals surface area (Å²) >= 11 is 0. The van der Waals surface area contributed by atoms with Crippen LogP contribution in [0.2, 0.25) is 0 Å². The lowest BCUT2D eigenvalue weighted by Crippen LogP contribution is -2.14. The van der Waals surface area contributed by atoms with Gasteiger partial charge in [0.05, 0.1) is 15.5 Å². The summed E-state index contributed by atoms with van der Waals surface area (Å²) in [4.78, 5) is 23.3. The molecule has 0 aliphatic heterocycles. The zero-order chi connectivity index (χ0) is 17.3. The topological polar surface area (TPSA) is 89.0 Å². The molecule has 24 heavy (non-hydrogen) atoms. The summed E-state index contributed by atoms with van der Waals surface area (Å²) in [5.74, 6) is 0. The van der Waals surface area contributed by atoms with Crippen LogP contribution < -0.4 is 5.56 Å². The first kappa shape index (κ1) is 15.9. The molecule has 6 nitrogen and oxygen atoms in total. The molecule has 0 fully saturated rings. The summed E-state index contributed by atoms with van der Waals surface area (Å²) in [5.41, 5.74) is 0.500. The first-order valence-corrected chi connectivity index (χ1v) is 8.58. The molecule has 2 aromatic carbocycles. The molecule has 0 saturated carbocycles. The van der Waals surface area contributed by atoms with E-state index in [4.69, 9.17) is 0 Å². The van der Waals surface area contributed by atoms with Gasteiger partial charge < -0.3 is 0 Å². The standard InChI is InChI=1S/C17H14N2O4S/c1-19-17(21)15(11-20)16(18-19)12-7-9-14(10-8-12)24(22,23)13-5-3-2-4-6-13/h2-11,18H,1H3. The highest BCUT2D eigenvalue weighted by molar-refractivity contribution is 7.91. The summed E-state index contributed by atoms with van der Waals surface area (Å²) in [6.07, 6.45) is 0.489. The Balaban J connectivity index is 2.05. The number of carbonyl (C=O) groups excluding carboxylic acids is 1. The van der Waals surface area contributed by atoms with Crippen LogP contribution in [0.1, 0.15) is 10.4 Å². The van der Waals surface area contributed by atoms with Gasteiger partial charge in [0.25, 0.3) is 5.56 Å². The lowest BCUT2D eigenvalue weighted by atomic mass is 10.1. The minimum absolute atomic E-state index is 0.0103. The molecule has 3 rings (SSSR count). The van der Waals surface area contributed by atoms with Gasteiger partial charge in [-0.25, -0.2) is 8.42 Å². The minimum Gasteiger partial charge on any atom is -0.298 e. The summed E-state index contributed by atoms with van der Waals surface area (Å²) in [6.45, 7) is 0. The number of aromatic nitrogens is 2. The number of H-pyrrole nitrogens is 1. The van der Waals surface area contributed by atoms with Crippen LogP contribution in [0.4, 0.5) is 0 Å². The Morgan fingerprint density at radius 3 is 2.12 bits per heavy atom. The Bertz CT molecular complexity index is 1050. The summed E-state index contributed by atoms with van der Waals surface area (Å²) in [7, 11) is -2.10. The van der Waals surface area contributed by atoms with Crippen LogP contribution >= 0.6 is 0 Å². The fraction of sp³-hybridized carbons (Fsp3) is 0.0588. The number of benzene rings is 2. The van der Waals surface area contributed by atoms with Crippen molar-refractivity contribution in [3.05, 3.63) is 70.5 Å². The zero-order valence-corrected chi connectivity index (χ0v) is 13.6. The van der Waals surface area contributed by atoms with E-state index in [0.717, 1.165) is 0 Å². The Morgan fingerprint density at radius 2 is 1.54 bits per heavy atom. The number of rotatable bonds is 4. The molecule has 0 amide bonds. The zero-order valence-electron chi connectivity index (χ0n) is 12.8. The Kier molecular flexibility index (Phi) is 3.94. The Hall–Kier alpha value is -2.93. The summed E-state index contributed by atoms with van der Waals surface area (Å²) in [5, 5.41) is 2.79. The van der Waals surface area contributed by atoms with Crippen molar-refractivity contribution in [3.63, 3.8) is 0 Å². The van der Waals surface area contributed by atoms with Crippen molar-refractivity contribution in [2.45, 2.75) is 9.79 Å². The highest BCUT2D eigenvalue weighted by atomic mass is 32.2. The second-order valence-corrected chi connectivity index (χ2v) is 7.17. The van der Waals surface area contributed by atoms with Gasteiger partial charge in [-0.2, -0.15) is 0 Å². The minimum atomic E-state index is -3.60. The first-order valence-electron chi connectivity index (χ1n) is 7.10. The fourth-order valence-electron chi connectivity index (χ4n) is 2.43. The number of aryl methyl sites for hydroxylation is 1. The molecule has 1 heterocycles. The third kappa shape index (κ3) is 2.59. The first-order chi connectivity index (χ1) is 11.4. The van der Waals surface area contributed by atoms with Gasteiger partial charge in [0.1, 0.15) is 5.56 Å². The molecule has 1 N–H and O–H groups in total. The van der Waals surface area contributed by atoms with Crippen LogP contribution in [-0.4, -0.2) is 24.5 Å². The lowest BCUT2D eigenvalue weighted by molar-refractivity contribution is 0.112. The molecule has 7 heteroatoms. The second-order valence-electron chi connectivity index (χ2n) is 5.22. The largest absolute Gasteiger partial charge is 0.298 e. The molecule has 122 valence electrons. The molecular formula is C17H14N2O4S. The highest BCUT2D eigenvalue weighted by Gasteiger charge is 2.18. The third-order valence-electron chi connectivity index (χ3n) is 3.71. The van der Waals surface area contributed by atoms with E-state index in [-0.39, 0.29) is 15.4 Å². The van der Waals surface area contributed by atoms with Gasteiger partial charge in [-0.05, 0) is 24.3 Å². The second kappa shape index (κ2) is 5.93. The van der Waals surface area contributed by atoms with Gasteiger partial charge in [0, 0.05) is 12.6 Å². The van der Waals surface area contributed by atoms with E-state index >= 15 is 0 Å². The van der Waals surface area contributed by atoms with E-state index < -0.39 is 15.4 Å². The third-order valence-corrected chi connectivity index (χ3v) is 5.49. The van der Waals surface area contributed by atoms with E-state index in [1.54, 1.807) is 30.3 Å². The smallest absolute Gasteiger partial charge is 0.277 e. The molecule has 0 spiro atoms. The van der Waals surface area contributed by atoms with Gasteiger partial charge in [-0.1, -0.05) is 30.3 Å². The van der Waals surface area contributed by atoms with Crippen molar-refractivity contribution >= 4 is 16.1 Å². The normalized spacial score (nSPS) is 11.4. The molecule has 0 aliphatic rings. The van der Waals surface area contributed by atoms with Crippen LogP contribution in [0.3, 0.4) is 0 Å². The summed E-state index contributed by atoms with van der Waals surface area (Å²) < 4.78 is 26.3. The van der Waals surface area contributed by atoms with Crippen molar-refractivity contribution < 1.29 is 13.2 Å². The predicted octanol–water partition coefficient (Wildman–Crippen LogP) is 2.03. The molecule has 0 aliphatic carbocycles. The van der Waals surface area contributed by atoms with E-state index in [0.29, 0.717) is 17.5 Å². The number of aldehydes is 1. The molecule has 3 aromatic rings. The van der Waals surface area contributed by atoms with Crippen LogP contribution in [0.5, 0.6) is 0 Å². The lowest BCUT2D eigenvalue weighted by Gasteiger charge is -2.06. The van der Waals surface area contributed by atoms with Gasteiger partial charge in [0.2, 0.25) is 9.84 Å². The predicted molar refractivity (Wildman–Crippen MR) is 88.8 cm³/mol. The monoisotopic (exact) mass is 342 g/mol. The quantitative estimate of drug-likeness (QED) is 0.735. The Labute approximate surface area is 138 Å². The number of nitrogens with zero attached hydrogens (tertiary/aromatic N) is 1. The van der Waals surface area contributed by atoms with E-state index in [1.165, 1.54) is 36.0 Å². The SMILES string of the molecule is Cn1[nH]c(-c2ccc(S(=O)(=O)c3ccccc3)cc2)c(C=O)c1=O. The van der Waals surface area contributed by atoms with Gasteiger partial charge >= 0.3 is 0 Å². The van der Waals surface area contributed by atoms with Gasteiger partial charge in [-0.3, -0.25) is 19.4 Å². The van der Waals surface area contributed by atoms with Crippen LogP contribution in [-0.2, 0) is 16.9 Å². The van der Waals surface area contributed by atoms with E-state index in [1.807, 2.05) is 0 Å². The number of aromatic amines is 1. The molecule has 0 unspecified atom stereocenters. The molecule has 0 bridgehead atoms. The maximum atomic E-state index is 12.5. The Morgan fingerprint density at radius 1 is 0.958 bits per heavy atom. The molecule has 0 atom stereocenters. The van der Waals surface area contributed by atoms with Crippen LogP contribution in [0.25, 0.3) is 11.3 Å². The van der Waals surface area contributed by atoms with Crippen molar-refractivity contribution in [1.82, 2.24) is 9.78 Å². The molecule has 0 saturated heterocycles. The van der Waals surface area contributed by atoms with Gasteiger partial charge in [-0.15, -0.1) is 0 Å². The van der Waals surface area contributed by atoms with E-state index in [2.05, 4.69) is 5.10 Å². The number of nitrogens with one attached hydrogen (secondary N) is 1. The molecular weight excluding hydrogens is 328 g/mol. The molecule has 0 radical (unpaired) electrons. The fourth-order valence-corrected chi connectivity index (χ4v) is 3.71. The summed E-state index contributed by atoms with van der Waals surface area (Å²) in [6, 6.07) is 14.2. The van der Waals surface area contributed by atoms with Crippen molar-refractivity contribution in [1.29, 1.82) is 0 Å². The van der Waals surface area contributed by atoms with Crippen LogP contribution in [0, 0.1) is 0 Å². The van der Waals surface area contributed by atoms with E-state index in [9.17, 15) is 18.0 Å². The van der Waals surface area contributed by atoms with Crippen LogP contribution in [0.15, 0.2) is 69.2 Å². The van der Waals surface area contributed by atoms with Crippen molar-refractivity contribution in [2.75, 3.05) is 0 Å². The maximum Gasteiger partial charge on any atom is 0.277 e. The van der Waals surface area contributed by atoms with Crippen molar-refractivity contribution in [3.8, 4) is 11.3 Å². The average molecular weight is 342 g/mol. The van der Waals surface area contributed by atoms with Gasteiger partial charge in [0.15, 0.2) is 6.29 Å². The number of carbonyl (C=O) groups is 1.